The van der Waals surface area contributed by atoms with Gasteiger partial charge in [-0.1, -0.05) is 11.2 Å². The van der Waals surface area contributed by atoms with Gasteiger partial charge in [-0.05, 0) is 37.5 Å². The number of rotatable bonds is 5. The van der Waals surface area contributed by atoms with Gasteiger partial charge in [0, 0.05) is 44.4 Å². The van der Waals surface area contributed by atoms with Crippen molar-refractivity contribution in [3.8, 4) is 0 Å². The van der Waals surface area contributed by atoms with E-state index in [1.54, 1.807) is 24.0 Å². The molecular weight excluding hydrogens is 362 g/mol. The molecule has 1 saturated heterocycles. The number of amides is 3. The molecule has 2 heterocycles. The van der Waals surface area contributed by atoms with Crippen molar-refractivity contribution in [1.29, 1.82) is 0 Å². The van der Waals surface area contributed by atoms with E-state index in [1.165, 1.54) is 7.11 Å². The zero-order chi connectivity index (χ0) is 20.1. The van der Waals surface area contributed by atoms with Gasteiger partial charge in [0.1, 0.15) is 6.61 Å². The number of carbonyl (C=O) groups excluding carboxylic acids is 2. The summed E-state index contributed by atoms with van der Waals surface area (Å²) in [5, 5.41) is 9.67. The Labute approximate surface area is 163 Å². The first-order valence-corrected chi connectivity index (χ1v) is 9.22. The van der Waals surface area contributed by atoms with Gasteiger partial charge in [-0.15, -0.1) is 0 Å². The van der Waals surface area contributed by atoms with Crippen molar-refractivity contribution >= 4 is 23.3 Å². The lowest BCUT2D eigenvalue weighted by Crippen LogP contribution is -2.42. The molecule has 1 aromatic carbocycles. The smallest absolute Gasteiger partial charge is 0.321 e. The molecule has 9 nitrogen and oxygen atoms in total. The van der Waals surface area contributed by atoms with Gasteiger partial charge in [0.05, 0.1) is 0 Å². The summed E-state index contributed by atoms with van der Waals surface area (Å²) >= 11 is 0. The molecule has 0 aliphatic carbocycles. The van der Waals surface area contributed by atoms with Crippen molar-refractivity contribution in [3.05, 3.63) is 35.5 Å². The lowest BCUT2D eigenvalue weighted by molar-refractivity contribution is -0.119. The number of nitrogens with one attached hydrogen (secondary N) is 2. The van der Waals surface area contributed by atoms with E-state index in [0.29, 0.717) is 36.2 Å². The summed E-state index contributed by atoms with van der Waals surface area (Å²) in [4.78, 5) is 30.5. The second-order valence-electron chi connectivity index (χ2n) is 6.90. The van der Waals surface area contributed by atoms with Gasteiger partial charge in [-0.2, -0.15) is 4.98 Å². The number of benzene rings is 1. The Morgan fingerprint density at radius 1 is 1.32 bits per heavy atom. The Morgan fingerprint density at radius 2 is 2.14 bits per heavy atom. The van der Waals surface area contributed by atoms with Crippen molar-refractivity contribution in [3.63, 3.8) is 0 Å². The highest BCUT2D eigenvalue weighted by Crippen LogP contribution is 2.26. The summed E-state index contributed by atoms with van der Waals surface area (Å²) in [5.74, 6) is 0.990. The molecule has 0 saturated carbocycles. The number of aromatic nitrogens is 2. The zero-order valence-electron chi connectivity index (χ0n) is 16.3. The fraction of sp³-hybridized carbons (Fsp3) is 0.474. The fourth-order valence-electron chi connectivity index (χ4n) is 3.21. The van der Waals surface area contributed by atoms with Crippen molar-refractivity contribution in [2.24, 2.45) is 0 Å². The Balaban J connectivity index is 1.65. The van der Waals surface area contributed by atoms with Gasteiger partial charge < -0.3 is 24.8 Å². The van der Waals surface area contributed by atoms with Crippen LogP contribution in [0.15, 0.2) is 22.7 Å². The van der Waals surface area contributed by atoms with Crippen LogP contribution in [0.25, 0.3) is 0 Å². The van der Waals surface area contributed by atoms with Crippen molar-refractivity contribution < 1.29 is 18.8 Å². The number of carbonyl (C=O) groups is 2. The molecule has 0 bridgehead atoms. The maximum absolute atomic E-state index is 12.8. The molecule has 0 radical (unpaired) electrons. The van der Waals surface area contributed by atoms with Gasteiger partial charge in [-0.3, -0.25) is 4.79 Å². The predicted molar refractivity (Wildman–Crippen MR) is 103 cm³/mol. The summed E-state index contributed by atoms with van der Waals surface area (Å²) in [6.07, 6.45) is 1.79. The van der Waals surface area contributed by atoms with Gasteiger partial charge in [0.15, 0.2) is 5.82 Å². The molecule has 1 aliphatic rings. The van der Waals surface area contributed by atoms with E-state index in [2.05, 4.69) is 20.8 Å². The molecular formula is C19H25N5O4. The van der Waals surface area contributed by atoms with Crippen LogP contribution in [0.4, 0.5) is 16.2 Å². The number of ether oxygens (including phenoxy) is 1. The SMILES string of the molecule is COCC(=O)Nc1ccc(C)c(NC(=O)N2CCCC(c3noc(C)n3)C2)c1. The number of hydrogen-bond donors (Lipinski definition) is 2. The molecule has 3 rings (SSSR count). The molecule has 2 aromatic rings. The van der Waals surface area contributed by atoms with E-state index >= 15 is 0 Å². The van der Waals surface area contributed by atoms with Crippen LogP contribution in [0.2, 0.25) is 0 Å². The second-order valence-corrected chi connectivity index (χ2v) is 6.90. The van der Waals surface area contributed by atoms with Crippen LogP contribution in [-0.4, -0.2) is 53.8 Å². The molecule has 28 heavy (non-hydrogen) atoms. The Morgan fingerprint density at radius 3 is 2.86 bits per heavy atom. The minimum Gasteiger partial charge on any atom is -0.375 e. The molecule has 1 unspecified atom stereocenters. The third kappa shape index (κ3) is 4.86. The third-order valence-electron chi connectivity index (χ3n) is 4.66. The average molecular weight is 387 g/mol. The maximum atomic E-state index is 12.8. The standard InChI is InChI=1S/C19H25N5O4/c1-12-6-7-15(21-17(25)11-27-3)9-16(12)22-19(26)24-8-4-5-14(10-24)18-20-13(2)28-23-18/h6-7,9,14H,4-5,8,10-11H2,1-3H3,(H,21,25)(H,22,26). The van der Waals surface area contributed by atoms with Crippen molar-refractivity contribution in [2.75, 3.05) is 37.4 Å². The van der Waals surface area contributed by atoms with Gasteiger partial charge in [-0.25, -0.2) is 4.79 Å². The Kier molecular flexibility index (Phi) is 6.25. The number of aryl methyl sites for hydroxylation is 2. The van der Waals surface area contributed by atoms with E-state index in [4.69, 9.17) is 9.26 Å². The second kappa shape index (κ2) is 8.83. The highest BCUT2D eigenvalue weighted by molar-refractivity contribution is 5.94. The van der Waals surface area contributed by atoms with E-state index in [9.17, 15) is 9.59 Å². The molecule has 2 N–H and O–H groups in total. The lowest BCUT2D eigenvalue weighted by atomic mass is 9.97. The minimum absolute atomic E-state index is 0.0275. The van der Waals surface area contributed by atoms with Crippen LogP contribution in [0.3, 0.4) is 0 Å². The number of hydrogen-bond acceptors (Lipinski definition) is 6. The van der Waals surface area contributed by atoms with E-state index < -0.39 is 0 Å². The van der Waals surface area contributed by atoms with Crippen LogP contribution in [0.1, 0.15) is 36.0 Å². The molecule has 3 amide bonds. The Bertz CT molecular complexity index is 851. The number of nitrogens with zero attached hydrogens (tertiary/aromatic N) is 3. The van der Waals surface area contributed by atoms with Crippen LogP contribution < -0.4 is 10.6 Å². The first-order valence-electron chi connectivity index (χ1n) is 9.22. The van der Waals surface area contributed by atoms with Crippen LogP contribution in [0.5, 0.6) is 0 Å². The van der Waals surface area contributed by atoms with Gasteiger partial charge >= 0.3 is 6.03 Å². The van der Waals surface area contributed by atoms with Gasteiger partial charge in [0.2, 0.25) is 11.8 Å². The number of piperidine rings is 1. The summed E-state index contributed by atoms with van der Waals surface area (Å²) in [7, 11) is 1.46. The zero-order valence-corrected chi connectivity index (χ0v) is 16.3. The summed E-state index contributed by atoms with van der Waals surface area (Å²) in [5.41, 5.74) is 2.15. The molecule has 150 valence electrons. The molecule has 0 spiro atoms. The molecule has 9 heteroatoms. The van der Waals surface area contributed by atoms with Gasteiger partial charge in [0.25, 0.3) is 0 Å². The van der Waals surface area contributed by atoms with E-state index in [0.717, 1.165) is 18.4 Å². The predicted octanol–water partition coefficient (Wildman–Crippen LogP) is 2.68. The van der Waals surface area contributed by atoms with Crippen LogP contribution >= 0.6 is 0 Å². The van der Waals surface area contributed by atoms with Crippen molar-refractivity contribution in [2.45, 2.75) is 32.6 Å². The quantitative estimate of drug-likeness (QED) is 0.816. The lowest BCUT2D eigenvalue weighted by Gasteiger charge is -2.31. The first kappa shape index (κ1) is 19.8. The molecule has 1 fully saturated rings. The number of likely N-dealkylation sites (tertiary alicyclic amines) is 1. The van der Waals surface area contributed by atoms with E-state index in [-0.39, 0.29) is 24.5 Å². The first-order chi connectivity index (χ1) is 13.5. The van der Waals surface area contributed by atoms with E-state index in [1.807, 2.05) is 13.0 Å². The van der Waals surface area contributed by atoms with Crippen molar-refractivity contribution in [1.82, 2.24) is 15.0 Å². The summed E-state index contributed by atoms with van der Waals surface area (Å²) < 4.78 is 9.88. The normalized spacial score (nSPS) is 16.7. The highest BCUT2D eigenvalue weighted by Gasteiger charge is 2.28. The average Bonchev–Trinajstić information content (AvgIpc) is 3.11. The largest absolute Gasteiger partial charge is 0.375 e. The molecule has 1 aromatic heterocycles. The van der Waals surface area contributed by atoms with Crippen LogP contribution in [0, 0.1) is 13.8 Å². The highest BCUT2D eigenvalue weighted by atomic mass is 16.5. The monoisotopic (exact) mass is 387 g/mol. The number of methoxy groups -OCH3 is 1. The Hall–Kier alpha value is -2.94. The summed E-state index contributed by atoms with van der Waals surface area (Å²) in [6, 6.07) is 5.19. The molecule has 1 atom stereocenters. The topological polar surface area (TPSA) is 110 Å². The van der Waals surface area contributed by atoms with Crippen LogP contribution in [-0.2, 0) is 9.53 Å². The summed E-state index contributed by atoms with van der Waals surface area (Å²) in [6.45, 7) is 4.83. The maximum Gasteiger partial charge on any atom is 0.321 e. The molecule has 1 aliphatic heterocycles. The third-order valence-corrected chi connectivity index (χ3v) is 4.66. The number of urea groups is 1. The fourth-order valence-corrected chi connectivity index (χ4v) is 3.21. The number of anilines is 2. The minimum atomic E-state index is -0.252.